The van der Waals surface area contributed by atoms with Gasteiger partial charge in [0.1, 0.15) is 22.7 Å². The fourth-order valence-corrected chi connectivity index (χ4v) is 10.9. The molecule has 280 valence electrons. The van der Waals surface area contributed by atoms with Crippen molar-refractivity contribution in [1.82, 2.24) is 4.57 Å². The van der Waals surface area contributed by atoms with Crippen LogP contribution in [0.2, 0.25) is 0 Å². The lowest BCUT2D eigenvalue weighted by Crippen LogP contribution is -2.32. The molecule has 4 nitrogen and oxygen atoms in total. The fraction of sp³-hybridized carbons (Fsp3) is 0.0909. The van der Waals surface area contributed by atoms with E-state index in [0.29, 0.717) is 5.92 Å². The second-order valence-electron chi connectivity index (χ2n) is 16.4. The van der Waals surface area contributed by atoms with Gasteiger partial charge in [-0.2, -0.15) is 0 Å². The van der Waals surface area contributed by atoms with Crippen molar-refractivity contribution in [3.8, 4) is 22.6 Å². The van der Waals surface area contributed by atoms with E-state index in [4.69, 9.17) is 9.15 Å². The maximum Gasteiger partial charge on any atom is 0.141 e. The minimum atomic E-state index is -0.576. The van der Waals surface area contributed by atoms with Gasteiger partial charge in [0.25, 0.3) is 0 Å². The molecule has 2 aromatic heterocycles. The van der Waals surface area contributed by atoms with Crippen LogP contribution in [0.15, 0.2) is 186 Å². The summed E-state index contributed by atoms with van der Waals surface area (Å²) >= 11 is 0. The van der Waals surface area contributed by atoms with Crippen molar-refractivity contribution in [1.29, 1.82) is 0 Å². The predicted octanol–water partition coefficient (Wildman–Crippen LogP) is 14.4. The third-order valence-corrected chi connectivity index (χ3v) is 13.4. The number of hydrogen-bond donors (Lipinski definition) is 1. The van der Waals surface area contributed by atoms with Crippen LogP contribution in [0.25, 0.3) is 60.6 Å². The van der Waals surface area contributed by atoms with Crippen molar-refractivity contribution in [2.75, 3.05) is 5.32 Å². The highest BCUT2D eigenvalue weighted by Gasteiger charge is 2.51. The summed E-state index contributed by atoms with van der Waals surface area (Å²) in [6.45, 7) is 2.34. The average molecular weight is 759 g/mol. The van der Waals surface area contributed by atoms with E-state index in [1.165, 1.54) is 66.4 Å². The molecule has 0 bridgehead atoms. The van der Waals surface area contributed by atoms with Crippen molar-refractivity contribution < 1.29 is 9.15 Å². The van der Waals surface area contributed by atoms with Crippen LogP contribution >= 0.6 is 0 Å². The number of rotatable bonds is 2. The molecule has 59 heavy (non-hydrogen) atoms. The van der Waals surface area contributed by atoms with Crippen molar-refractivity contribution in [3.05, 3.63) is 215 Å². The van der Waals surface area contributed by atoms with Gasteiger partial charge in [0.2, 0.25) is 0 Å². The predicted molar refractivity (Wildman–Crippen MR) is 241 cm³/mol. The van der Waals surface area contributed by atoms with Crippen LogP contribution in [0, 0.1) is 0 Å². The quantitative estimate of drug-likeness (QED) is 0.191. The Labute approximate surface area is 341 Å². The van der Waals surface area contributed by atoms with Gasteiger partial charge in [-0.05, 0) is 82.6 Å². The first-order valence-electron chi connectivity index (χ1n) is 20.7. The molecule has 4 heteroatoms. The van der Waals surface area contributed by atoms with Gasteiger partial charge in [-0.15, -0.1) is 0 Å². The number of fused-ring (bicyclic) bond motifs is 16. The Morgan fingerprint density at radius 2 is 1.20 bits per heavy atom. The highest BCUT2D eigenvalue weighted by molar-refractivity contribution is 6.13. The molecule has 13 rings (SSSR count). The molecule has 1 N–H and O–H groups in total. The minimum absolute atomic E-state index is 0.240. The van der Waals surface area contributed by atoms with Gasteiger partial charge >= 0.3 is 0 Å². The van der Waals surface area contributed by atoms with E-state index < -0.39 is 5.41 Å². The number of benzene rings is 8. The highest BCUT2D eigenvalue weighted by Crippen LogP contribution is 2.63. The highest BCUT2D eigenvalue weighted by atomic mass is 16.5. The zero-order chi connectivity index (χ0) is 38.8. The molecule has 1 spiro atoms. The number of para-hydroxylation sites is 6. The molecule has 0 fully saturated rings. The Bertz CT molecular complexity index is 3370. The number of furan rings is 1. The molecule has 0 saturated heterocycles. The van der Waals surface area contributed by atoms with E-state index in [9.17, 15) is 0 Å². The topological polar surface area (TPSA) is 39.3 Å². The molecule has 0 radical (unpaired) electrons. The first-order chi connectivity index (χ1) is 29.2. The monoisotopic (exact) mass is 758 g/mol. The molecule has 4 heterocycles. The first-order valence-corrected chi connectivity index (χ1v) is 20.7. The van der Waals surface area contributed by atoms with Crippen molar-refractivity contribution in [2.45, 2.75) is 30.7 Å². The summed E-state index contributed by atoms with van der Waals surface area (Å²) in [4.78, 5) is 0. The summed E-state index contributed by atoms with van der Waals surface area (Å²) in [5.74, 6) is 2.10. The minimum Gasteiger partial charge on any atom is -0.457 e. The molecule has 0 saturated carbocycles. The molecule has 8 aromatic carbocycles. The maximum atomic E-state index is 6.81. The van der Waals surface area contributed by atoms with Gasteiger partial charge in [-0.25, -0.2) is 0 Å². The van der Waals surface area contributed by atoms with E-state index in [2.05, 4.69) is 199 Å². The second-order valence-corrected chi connectivity index (χ2v) is 16.4. The number of allylic oxidation sites excluding steroid dienone is 1. The smallest absolute Gasteiger partial charge is 0.141 e. The van der Waals surface area contributed by atoms with Gasteiger partial charge < -0.3 is 19.0 Å². The fourth-order valence-electron chi connectivity index (χ4n) is 10.9. The molecule has 2 unspecified atom stereocenters. The molecule has 1 aliphatic carbocycles. The van der Waals surface area contributed by atoms with E-state index in [1.54, 1.807) is 0 Å². The van der Waals surface area contributed by atoms with Crippen LogP contribution in [0.1, 0.15) is 58.7 Å². The van der Waals surface area contributed by atoms with E-state index in [1.807, 2.05) is 0 Å². The van der Waals surface area contributed by atoms with Gasteiger partial charge in [0.15, 0.2) is 0 Å². The lowest BCUT2D eigenvalue weighted by Gasteiger charge is -2.39. The summed E-state index contributed by atoms with van der Waals surface area (Å²) < 4.78 is 16.1. The Morgan fingerprint density at radius 3 is 2.05 bits per heavy atom. The van der Waals surface area contributed by atoms with Gasteiger partial charge in [-0.1, -0.05) is 146 Å². The Kier molecular flexibility index (Phi) is 6.72. The zero-order valence-corrected chi connectivity index (χ0v) is 32.4. The van der Waals surface area contributed by atoms with Crippen molar-refractivity contribution in [3.63, 3.8) is 0 Å². The molecule has 2 atom stereocenters. The summed E-state index contributed by atoms with van der Waals surface area (Å²) in [6.07, 6.45) is 3.37. The first kappa shape index (κ1) is 32.8. The zero-order valence-electron chi connectivity index (χ0n) is 32.4. The molecule has 2 aliphatic heterocycles. The van der Waals surface area contributed by atoms with E-state index in [-0.39, 0.29) is 6.04 Å². The van der Waals surface area contributed by atoms with Gasteiger partial charge in [0, 0.05) is 49.6 Å². The number of anilines is 1. The lowest BCUT2D eigenvalue weighted by molar-refractivity contribution is 0.436. The number of nitrogens with one attached hydrogen (secondary N) is 1. The summed E-state index contributed by atoms with van der Waals surface area (Å²) in [5, 5.41) is 8.85. The molecular formula is C55H38N2O2. The largest absolute Gasteiger partial charge is 0.457 e. The number of nitrogens with zero attached hydrogens (tertiary/aromatic N) is 1. The Balaban J connectivity index is 1.14. The van der Waals surface area contributed by atoms with Crippen LogP contribution < -0.4 is 10.1 Å². The maximum absolute atomic E-state index is 6.81. The van der Waals surface area contributed by atoms with Crippen molar-refractivity contribution in [2.24, 2.45) is 0 Å². The molecular weight excluding hydrogens is 721 g/mol. The second kappa shape index (κ2) is 12.1. The van der Waals surface area contributed by atoms with E-state index in [0.717, 1.165) is 51.1 Å². The standard InChI is InChI=1S/C55H38N2O2/c1-33-29-30-48(53(56-46-24-9-3-15-34(33)46)39-20-14-19-38-37-18-5-11-26-50(37)59-54(38)39)57-47-25-10-4-17-36(47)41-31-40-35-16-2-6-21-42(35)55(45(40)32-49(41)57)43-22-7-12-27-51(43)58-52-28-13-8-23-44(52)55/h2-28,30-33,53,56H,29H2,1H3/b48-30-. The lowest BCUT2D eigenvalue weighted by atomic mass is 9.66. The Morgan fingerprint density at radius 1 is 0.542 bits per heavy atom. The van der Waals surface area contributed by atoms with E-state index >= 15 is 0 Å². The molecule has 3 aliphatic rings. The summed E-state index contributed by atoms with van der Waals surface area (Å²) in [6, 6.07) is 63.8. The molecule has 10 aromatic rings. The number of ether oxygens (including phenoxy) is 1. The van der Waals surface area contributed by atoms with Gasteiger partial charge in [0.05, 0.1) is 22.5 Å². The van der Waals surface area contributed by atoms with Crippen LogP contribution in [-0.2, 0) is 5.41 Å². The Hall–Kier alpha value is -7.30. The van der Waals surface area contributed by atoms with Crippen LogP contribution in [0.3, 0.4) is 0 Å². The third-order valence-electron chi connectivity index (χ3n) is 13.4. The number of aromatic nitrogens is 1. The molecule has 0 amide bonds. The SMILES string of the molecule is CC1C/C=C(\n2c3ccccc3c3cc4c(cc32)C2(c3ccccc3Oc3ccccc32)c2ccccc2-4)C(c2cccc3c2oc2ccccc23)Nc2ccccc21. The normalized spacial score (nSPS) is 18.2. The van der Waals surface area contributed by atoms with Crippen LogP contribution in [0.4, 0.5) is 5.69 Å². The van der Waals surface area contributed by atoms with Crippen molar-refractivity contribution >= 4 is 55.1 Å². The summed E-state index contributed by atoms with van der Waals surface area (Å²) in [7, 11) is 0. The third kappa shape index (κ3) is 4.38. The van der Waals surface area contributed by atoms with Gasteiger partial charge in [-0.3, -0.25) is 0 Å². The summed E-state index contributed by atoms with van der Waals surface area (Å²) in [5.41, 5.74) is 15.8. The average Bonchev–Trinajstić information content (AvgIpc) is 3.92. The number of hydrogen-bond acceptors (Lipinski definition) is 3. The van der Waals surface area contributed by atoms with Crippen LogP contribution in [-0.4, -0.2) is 4.57 Å². The van der Waals surface area contributed by atoms with Crippen LogP contribution in [0.5, 0.6) is 11.5 Å².